The first-order valence-electron chi connectivity index (χ1n) is 5.54. The van der Waals surface area contributed by atoms with Gasteiger partial charge in [-0.05, 0) is 39.7 Å². The van der Waals surface area contributed by atoms with Crippen LogP contribution in [0.25, 0.3) is 0 Å². The number of hydrogen-bond donors (Lipinski definition) is 2. The molecule has 2 atom stereocenters. The summed E-state index contributed by atoms with van der Waals surface area (Å²) in [6, 6.07) is 0. The summed E-state index contributed by atoms with van der Waals surface area (Å²) in [7, 11) is 2.08. The Bertz CT molecular complexity index is 177. The highest BCUT2D eigenvalue weighted by atomic mass is 16.3. The van der Waals surface area contributed by atoms with E-state index in [0.29, 0.717) is 5.92 Å². The van der Waals surface area contributed by atoms with Gasteiger partial charge in [-0.25, -0.2) is 0 Å². The number of aliphatic hydroxyl groups excluding tert-OH is 1. The molecule has 0 aromatic heterocycles. The highest BCUT2D eigenvalue weighted by Crippen LogP contribution is 2.26. The van der Waals surface area contributed by atoms with Crippen LogP contribution in [0, 0.1) is 5.92 Å². The molecule has 14 heavy (non-hydrogen) atoms. The molecule has 84 valence electrons. The van der Waals surface area contributed by atoms with E-state index in [1.165, 1.54) is 6.42 Å². The molecule has 2 unspecified atom stereocenters. The van der Waals surface area contributed by atoms with E-state index in [1.807, 2.05) is 13.8 Å². The molecule has 1 aliphatic carbocycles. The minimum Gasteiger partial charge on any atom is -0.393 e. The molecule has 0 spiro atoms. The Morgan fingerprint density at radius 2 is 2.07 bits per heavy atom. The smallest absolute Gasteiger partial charge is 0.0580 e. The lowest BCUT2D eigenvalue weighted by Crippen LogP contribution is -2.45. The summed E-state index contributed by atoms with van der Waals surface area (Å²) in [6.45, 7) is 5.93. The second-order valence-electron chi connectivity index (χ2n) is 5.44. The van der Waals surface area contributed by atoms with Gasteiger partial charge in [0, 0.05) is 18.6 Å². The monoisotopic (exact) mass is 200 g/mol. The van der Waals surface area contributed by atoms with Crippen molar-refractivity contribution in [1.29, 1.82) is 0 Å². The van der Waals surface area contributed by atoms with E-state index >= 15 is 0 Å². The van der Waals surface area contributed by atoms with Gasteiger partial charge < -0.3 is 15.7 Å². The van der Waals surface area contributed by atoms with Crippen LogP contribution in [0.4, 0.5) is 0 Å². The Labute approximate surface area is 87.3 Å². The SMILES string of the molecule is CN(CC1CCCC1O)CC(C)(C)N. The van der Waals surface area contributed by atoms with Gasteiger partial charge in [0.05, 0.1) is 6.10 Å². The molecule has 1 aliphatic rings. The lowest BCUT2D eigenvalue weighted by molar-refractivity contribution is 0.104. The second kappa shape index (κ2) is 4.60. The number of nitrogens with zero attached hydrogens (tertiary/aromatic N) is 1. The van der Waals surface area contributed by atoms with Gasteiger partial charge in [-0.15, -0.1) is 0 Å². The lowest BCUT2D eigenvalue weighted by Gasteiger charge is -2.29. The maximum atomic E-state index is 9.68. The minimum atomic E-state index is -0.141. The van der Waals surface area contributed by atoms with Crippen molar-refractivity contribution in [2.24, 2.45) is 11.7 Å². The molecule has 0 aromatic rings. The van der Waals surface area contributed by atoms with Crippen LogP contribution >= 0.6 is 0 Å². The van der Waals surface area contributed by atoms with E-state index < -0.39 is 0 Å². The van der Waals surface area contributed by atoms with Crippen molar-refractivity contribution < 1.29 is 5.11 Å². The Hall–Kier alpha value is -0.120. The number of nitrogens with two attached hydrogens (primary N) is 1. The van der Waals surface area contributed by atoms with Crippen molar-refractivity contribution in [3.8, 4) is 0 Å². The Morgan fingerprint density at radius 1 is 1.43 bits per heavy atom. The third-order valence-electron chi connectivity index (χ3n) is 2.84. The zero-order chi connectivity index (χ0) is 10.8. The Balaban J connectivity index is 2.29. The predicted molar refractivity (Wildman–Crippen MR) is 59.1 cm³/mol. The molecule has 3 heteroatoms. The molecule has 0 amide bonds. The lowest BCUT2D eigenvalue weighted by atomic mass is 10.0. The second-order valence-corrected chi connectivity index (χ2v) is 5.44. The van der Waals surface area contributed by atoms with Gasteiger partial charge in [0.1, 0.15) is 0 Å². The largest absolute Gasteiger partial charge is 0.393 e. The summed E-state index contributed by atoms with van der Waals surface area (Å²) >= 11 is 0. The number of likely N-dealkylation sites (N-methyl/N-ethyl adjacent to an activating group) is 1. The topological polar surface area (TPSA) is 49.5 Å². The van der Waals surface area contributed by atoms with Crippen LogP contribution in [-0.2, 0) is 0 Å². The number of hydrogen-bond acceptors (Lipinski definition) is 3. The van der Waals surface area contributed by atoms with Gasteiger partial charge >= 0.3 is 0 Å². The summed E-state index contributed by atoms with van der Waals surface area (Å²) < 4.78 is 0. The van der Waals surface area contributed by atoms with Crippen LogP contribution < -0.4 is 5.73 Å². The van der Waals surface area contributed by atoms with E-state index in [-0.39, 0.29) is 11.6 Å². The standard InChI is InChI=1S/C11H24N2O/c1-11(2,12)8-13(3)7-9-5-4-6-10(9)14/h9-10,14H,4-8,12H2,1-3H3. The first-order valence-corrected chi connectivity index (χ1v) is 5.54. The van der Waals surface area contributed by atoms with E-state index in [9.17, 15) is 5.11 Å². The van der Waals surface area contributed by atoms with E-state index in [0.717, 1.165) is 25.9 Å². The zero-order valence-electron chi connectivity index (χ0n) is 9.66. The van der Waals surface area contributed by atoms with Gasteiger partial charge in [0.25, 0.3) is 0 Å². The molecule has 3 nitrogen and oxygen atoms in total. The average Bonchev–Trinajstić information content (AvgIpc) is 2.32. The molecular weight excluding hydrogens is 176 g/mol. The highest BCUT2D eigenvalue weighted by molar-refractivity contribution is 4.82. The minimum absolute atomic E-state index is 0.0849. The van der Waals surface area contributed by atoms with Gasteiger partial charge in [-0.3, -0.25) is 0 Å². The Kier molecular flexibility index (Phi) is 3.93. The van der Waals surface area contributed by atoms with Crippen LogP contribution in [0.15, 0.2) is 0 Å². The zero-order valence-corrected chi connectivity index (χ0v) is 9.66. The van der Waals surface area contributed by atoms with Gasteiger partial charge in [0.15, 0.2) is 0 Å². The molecule has 1 rings (SSSR count). The fraction of sp³-hybridized carbons (Fsp3) is 1.00. The molecule has 1 saturated carbocycles. The average molecular weight is 200 g/mol. The maximum Gasteiger partial charge on any atom is 0.0580 e. The Morgan fingerprint density at radius 3 is 2.50 bits per heavy atom. The summed E-state index contributed by atoms with van der Waals surface area (Å²) in [5, 5.41) is 9.68. The molecule has 0 aliphatic heterocycles. The van der Waals surface area contributed by atoms with Gasteiger partial charge in [-0.1, -0.05) is 6.42 Å². The fourth-order valence-corrected chi connectivity index (χ4v) is 2.39. The normalized spacial score (nSPS) is 28.7. The van der Waals surface area contributed by atoms with Crippen LogP contribution in [0.1, 0.15) is 33.1 Å². The van der Waals surface area contributed by atoms with Crippen molar-refractivity contribution in [1.82, 2.24) is 4.90 Å². The third kappa shape index (κ3) is 3.95. The molecule has 3 N–H and O–H groups in total. The van der Waals surface area contributed by atoms with E-state index in [1.54, 1.807) is 0 Å². The molecule has 1 fully saturated rings. The van der Waals surface area contributed by atoms with Crippen molar-refractivity contribution in [2.75, 3.05) is 20.1 Å². The van der Waals surface area contributed by atoms with Crippen LogP contribution in [0.3, 0.4) is 0 Å². The number of rotatable bonds is 4. The van der Waals surface area contributed by atoms with Crippen molar-refractivity contribution in [3.05, 3.63) is 0 Å². The van der Waals surface area contributed by atoms with Gasteiger partial charge in [-0.2, -0.15) is 0 Å². The molecule has 0 aromatic carbocycles. The van der Waals surface area contributed by atoms with Crippen molar-refractivity contribution >= 4 is 0 Å². The highest BCUT2D eigenvalue weighted by Gasteiger charge is 2.27. The van der Waals surface area contributed by atoms with Crippen LogP contribution in [0.2, 0.25) is 0 Å². The molecule has 0 heterocycles. The third-order valence-corrected chi connectivity index (χ3v) is 2.84. The quantitative estimate of drug-likeness (QED) is 0.706. The first kappa shape index (κ1) is 12.0. The molecule has 0 radical (unpaired) electrons. The summed E-state index contributed by atoms with van der Waals surface area (Å²) in [5.74, 6) is 0.461. The van der Waals surface area contributed by atoms with Crippen LogP contribution in [-0.4, -0.2) is 41.8 Å². The predicted octanol–water partition coefficient (Wildman–Crippen LogP) is 0.816. The van der Waals surface area contributed by atoms with Crippen molar-refractivity contribution in [3.63, 3.8) is 0 Å². The molecular formula is C11H24N2O. The van der Waals surface area contributed by atoms with E-state index in [2.05, 4.69) is 11.9 Å². The fourth-order valence-electron chi connectivity index (χ4n) is 2.39. The van der Waals surface area contributed by atoms with Gasteiger partial charge in [0.2, 0.25) is 0 Å². The van der Waals surface area contributed by atoms with E-state index in [4.69, 9.17) is 5.73 Å². The first-order chi connectivity index (χ1) is 6.38. The summed E-state index contributed by atoms with van der Waals surface area (Å²) in [6.07, 6.45) is 3.23. The summed E-state index contributed by atoms with van der Waals surface area (Å²) in [4.78, 5) is 2.24. The van der Waals surface area contributed by atoms with Crippen molar-refractivity contribution in [2.45, 2.75) is 44.8 Å². The molecule has 0 bridgehead atoms. The van der Waals surface area contributed by atoms with Crippen LogP contribution in [0.5, 0.6) is 0 Å². The molecule has 0 saturated heterocycles. The maximum absolute atomic E-state index is 9.68. The summed E-state index contributed by atoms with van der Waals surface area (Å²) in [5.41, 5.74) is 5.80. The number of aliphatic hydroxyl groups is 1.